The van der Waals surface area contributed by atoms with Crippen molar-refractivity contribution in [3.8, 4) is 17.0 Å². The van der Waals surface area contributed by atoms with E-state index in [9.17, 15) is 8.78 Å². The van der Waals surface area contributed by atoms with Gasteiger partial charge in [-0.25, -0.2) is 8.78 Å². The molecule has 0 bridgehead atoms. The van der Waals surface area contributed by atoms with Crippen molar-refractivity contribution in [1.82, 2.24) is 15.1 Å². The van der Waals surface area contributed by atoms with Gasteiger partial charge in [-0.05, 0) is 19.2 Å². The molecule has 0 radical (unpaired) electrons. The Morgan fingerprint density at radius 2 is 1.89 bits per heavy atom. The van der Waals surface area contributed by atoms with E-state index in [1.807, 2.05) is 36.2 Å². The summed E-state index contributed by atoms with van der Waals surface area (Å²) < 4.78 is 33.6. The van der Waals surface area contributed by atoms with Crippen LogP contribution in [0.1, 0.15) is 6.42 Å². The normalized spacial score (nSPS) is 20.3. The van der Waals surface area contributed by atoms with E-state index in [1.54, 1.807) is 12.1 Å². The van der Waals surface area contributed by atoms with E-state index in [2.05, 4.69) is 15.5 Å². The fraction of sp³-hybridized carbons (Fsp3) is 0.333. The zero-order chi connectivity index (χ0) is 19.7. The van der Waals surface area contributed by atoms with Crippen molar-refractivity contribution in [3.05, 3.63) is 48.3 Å². The molecule has 1 aliphatic heterocycles. The number of alkyl halides is 1. The number of likely N-dealkylation sites (N-methyl/N-ethyl adjacent to an activating group) is 1. The summed E-state index contributed by atoms with van der Waals surface area (Å²) in [5, 5.41) is 13.5. The van der Waals surface area contributed by atoms with Gasteiger partial charge >= 0.3 is 0 Å². The average Bonchev–Trinajstić information content (AvgIpc) is 2.68. The number of nitrogens with zero attached hydrogens (tertiary/aromatic N) is 3. The highest BCUT2D eigenvalue weighted by Gasteiger charge is 2.26. The van der Waals surface area contributed by atoms with Crippen LogP contribution in [0.25, 0.3) is 22.0 Å². The van der Waals surface area contributed by atoms with Gasteiger partial charge in [0, 0.05) is 48.0 Å². The molecule has 2 atom stereocenters. The lowest BCUT2D eigenvalue weighted by Crippen LogP contribution is -2.45. The zero-order valence-electron chi connectivity index (χ0n) is 15.8. The molecule has 2 heterocycles. The molecule has 1 fully saturated rings. The molecule has 7 heteroatoms. The summed E-state index contributed by atoms with van der Waals surface area (Å²) in [7, 11) is 3.40. The Labute approximate surface area is 162 Å². The Kier molecular flexibility index (Phi) is 5.09. The molecule has 0 saturated carbocycles. The molecule has 0 amide bonds. The van der Waals surface area contributed by atoms with Gasteiger partial charge in [0.15, 0.2) is 5.82 Å². The number of fused-ring (bicyclic) bond motifs is 1. The van der Waals surface area contributed by atoms with Gasteiger partial charge in [0.2, 0.25) is 0 Å². The molecule has 1 aliphatic rings. The van der Waals surface area contributed by atoms with E-state index in [0.717, 1.165) is 17.3 Å². The maximum Gasteiger partial charge on any atom is 0.156 e. The summed E-state index contributed by atoms with van der Waals surface area (Å²) >= 11 is 0. The summed E-state index contributed by atoms with van der Waals surface area (Å²) in [5.74, 6) is 0.605. The predicted molar refractivity (Wildman–Crippen MR) is 106 cm³/mol. The van der Waals surface area contributed by atoms with Gasteiger partial charge in [-0.1, -0.05) is 24.3 Å². The number of benzene rings is 2. The van der Waals surface area contributed by atoms with Crippen LogP contribution in [-0.4, -0.2) is 54.6 Å². The number of methoxy groups -OCH3 is 1. The number of aromatic nitrogens is 2. The second-order valence-electron chi connectivity index (χ2n) is 7.18. The molecule has 4 rings (SSSR count). The van der Waals surface area contributed by atoms with Gasteiger partial charge in [0.05, 0.1) is 7.11 Å². The molecular formula is C21H22F2N4O. The quantitative estimate of drug-likeness (QED) is 0.739. The molecule has 28 heavy (non-hydrogen) atoms. The minimum absolute atomic E-state index is 0.0602. The van der Waals surface area contributed by atoms with Gasteiger partial charge < -0.3 is 15.0 Å². The van der Waals surface area contributed by atoms with Crippen molar-refractivity contribution in [2.24, 2.45) is 0 Å². The molecule has 1 aromatic heterocycles. The van der Waals surface area contributed by atoms with E-state index < -0.39 is 12.0 Å². The van der Waals surface area contributed by atoms with Gasteiger partial charge in [-0.15, -0.1) is 10.2 Å². The monoisotopic (exact) mass is 384 g/mol. The predicted octanol–water partition coefficient (Wildman–Crippen LogP) is 3.90. The summed E-state index contributed by atoms with van der Waals surface area (Å²) in [6, 6.07) is 12.2. The van der Waals surface area contributed by atoms with Crippen LogP contribution in [0.4, 0.5) is 14.6 Å². The highest BCUT2D eigenvalue weighted by Crippen LogP contribution is 2.33. The van der Waals surface area contributed by atoms with Crippen molar-refractivity contribution in [3.63, 3.8) is 0 Å². The van der Waals surface area contributed by atoms with Crippen LogP contribution in [0.5, 0.6) is 5.75 Å². The lowest BCUT2D eigenvalue weighted by Gasteiger charge is -2.32. The first-order valence-electron chi connectivity index (χ1n) is 9.23. The van der Waals surface area contributed by atoms with E-state index in [-0.39, 0.29) is 6.04 Å². The molecule has 146 valence electrons. The number of nitrogens with one attached hydrogen (secondary N) is 1. The molecule has 0 spiro atoms. The number of halogens is 2. The Hall–Kier alpha value is -2.80. The molecular weight excluding hydrogens is 362 g/mol. The van der Waals surface area contributed by atoms with Crippen LogP contribution in [-0.2, 0) is 0 Å². The summed E-state index contributed by atoms with van der Waals surface area (Å²) in [4.78, 5) is 1.96. The molecule has 1 N–H and O–H groups in total. The number of rotatable bonds is 4. The Bertz CT molecular complexity index is 987. The number of ether oxygens (including phenoxy) is 1. The van der Waals surface area contributed by atoms with Crippen molar-refractivity contribution in [2.75, 3.05) is 32.6 Å². The minimum Gasteiger partial charge on any atom is -0.497 e. The van der Waals surface area contributed by atoms with E-state index in [1.165, 1.54) is 13.2 Å². The van der Waals surface area contributed by atoms with Crippen LogP contribution in [0.2, 0.25) is 0 Å². The van der Waals surface area contributed by atoms with Gasteiger partial charge in [-0.3, -0.25) is 0 Å². The number of likely N-dealkylation sites (tertiary alicyclic amines) is 1. The first-order valence-corrected chi connectivity index (χ1v) is 9.23. The second-order valence-corrected chi connectivity index (χ2v) is 7.18. The fourth-order valence-electron chi connectivity index (χ4n) is 3.77. The Morgan fingerprint density at radius 1 is 1.11 bits per heavy atom. The SMILES string of the molecule is COc1ccc(-c2nnc(N[C@@H]3C[C@@H](F)CN(C)C3)c3ccccc23)c(F)c1. The van der Waals surface area contributed by atoms with Crippen LogP contribution in [0, 0.1) is 5.82 Å². The second kappa shape index (κ2) is 7.67. The lowest BCUT2D eigenvalue weighted by molar-refractivity contribution is 0.153. The third-order valence-corrected chi connectivity index (χ3v) is 5.04. The van der Waals surface area contributed by atoms with Crippen LogP contribution >= 0.6 is 0 Å². The van der Waals surface area contributed by atoms with Gasteiger partial charge in [0.25, 0.3) is 0 Å². The summed E-state index contributed by atoms with van der Waals surface area (Å²) in [6.07, 6.45) is -0.446. The van der Waals surface area contributed by atoms with Gasteiger partial charge in [-0.2, -0.15) is 0 Å². The topological polar surface area (TPSA) is 50.3 Å². The van der Waals surface area contributed by atoms with E-state index in [4.69, 9.17) is 4.74 Å². The van der Waals surface area contributed by atoms with Crippen LogP contribution in [0.15, 0.2) is 42.5 Å². The standard InChI is InChI=1S/C21H22F2N4O/c1-27-11-13(22)9-14(12-27)24-21-17-6-4-3-5-16(17)20(25-26-21)18-8-7-15(28-2)10-19(18)23/h3-8,10,13-14H,9,11-12H2,1-2H3,(H,24,26)/t13-,14-/m1/s1. The fourth-order valence-corrected chi connectivity index (χ4v) is 3.77. The zero-order valence-corrected chi connectivity index (χ0v) is 15.8. The van der Waals surface area contributed by atoms with E-state index >= 15 is 0 Å². The van der Waals surface area contributed by atoms with Crippen molar-refractivity contribution < 1.29 is 13.5 Å². The Morgan fingerprint density at radius 3 is 2.61 bits per heavy atom. The van der Waals surface area contributed by atoms with Crippen molar-refractivity contribution in [2.45, 2.75) is 18.6 Å². The third kappa shape index (κ3) is 3.62. The van der Waals surface area contributed by atoms with Crippen molar-refractivity contribution in [1.29, 1.82) is 0 Å². The van der Waals surface area contributed by atoms with Gasteiger partial charge in [0.1, 0.15) is 23.4 Å². The molecule has 3 aromatic rings. The molecule has 1 saturated heterocycles. The number of hydrogen-bond acceptors (Lipinski definition) is 5. The van der Waals surface area contributed by atoms with Crippen LogP contribution in [0.3, 0.4) is 0 Å². The lowest BCUT2D eigenvalue weighted by atomic mass is 10.0. The smallest absolute Gasteiger partial charge is 0.156 e. The number of piperidine rings is 1. The number of hydrogen-bond donors (Lipinski definition) is 1. The first kappa shape index (κ1) is 18.6. The third-order valence-electron chi connectivity index (χ3n) is 5.04. The van der Waals surface area contributed by atoms with E-state index in [0.29, 0.717) is 35.8 Å². The summed E-state index contributed by atoms with van der Waals surface area (Å²) in [6.45, 7) is 1.17. The maximum absolute atomic E-state index is 14.6. The molecule has 0 aliphatic carbocycles. The summed E-state index contributed by atoms with van der Waals surface area (Å²) in [5.41, 5.74) is 0.822. The van der Waals surface area contributed by atoms with Crippen molar-refractivity contribution >= 4 is 16.6 Å². The highest BCUT2D eigenvalue weighted by atomic mass is 19.1. The molecule has 5 nitrogen and oxygen atoms in total. The first-order chi connectivity index (χ1) is 13.5. The Balaban J connectivity index is 1.73. The average molecular weight is 384 g/mol. The maximum atomic E-state index is 14.6. The number of anilines is 1. The highest BCUT2D eigenvalue weighted by molar-refractivity contribution is 6.00. The largest absolute Gasteiger partial charge is 0.497 e. The molecule has 0 unspecified atom stereocenters. The minimum atomic E-state index is -0.872. The van der Waals surface area contributed by atoms with Crippen LogP contribution < -0.4 is 10.1 Å². The molecule has 2 aromatic carbocycles.